The van der Waals surface area contributed by atoms with Gasteiger partial charge in [-0.05, 0) is 46.3 Å². The molecule has 0 aliphatic rings. The minimum Gasteiger partial charge on any atom is -0.321 e. The Labute approximate surface area is 123 Å². The number of nitrogens with one attached hydrogen (secondary N) is 1. The lowest BCUT2D eigenvalue weighted by Gasteiger charge is -2.07. The molecule has 2 aromatic rings. The second kappa shape index (κ2) is 5.83. The molecule has 2 rings (SSSR count). The Morgan fingerprint density at radius 2 is 2.16 bits per heavy atom. The van der Waals surface area contributed by atoms with Gasteiger partial charge in [0, 0.05) is 10.7 Å². The quantitative estimate of drug-likeness (QED) is 0.852. The summed E-state index contributed by atoms with van der Waals surface area (Å²) in [5.41, 5.74) is 1.50. The van der Waals surface area contributed by atoms with Gasteiger partial charge < -0.3 is 5.32 Å². The van der Waals surface area contributed by atoms with E-state index in [0.717, 1.165) is 0 Å². The third-order valence-electron chi connectivity index (χ3n) is 2.34. The number of halogens is 2. The molecule has 0 saturated carbocycles. The minimum atomic E-state index is -0.297. The Balaban J connectivity index is 2.20. The highest BCUT2D eigenvalue weighted by atomic mass is 79.9. The summed E-state index contributed by atoms with van der Waals surface area (Å²) >= 11 is 8.95. The fraction of sp³-hybridized carbons (Fsp3) is 0. The molecule has 1 aromatic heterocycles. The number of amides is 1. The molecular formula is C13H7BrClN3O. The van der Waals surface area contributed by atoms with Crippen LogP contribution in [0.15, 0.2) is 41.0 Å². The molecule has 0 fully saturated rings. The van der Waals surface area contributed by atoms with Crippen LogP contribution >= 0.6 is 27.5 Å². The van der Waals surface area contributed by atoms with Crippen molar-refractivity contribution < 1.29 is 4.79 Å². The largest absolute Gasteiger partial charge is 0.321 e. The first-order chi connectivity index (χ1) is 9.10. The number of benzene rings is 1. The number of hydrogen-bond donors (Lipinski definition) is 1. The lowest BCUT2D eigenvalue weighted by atomic mass is 10.2. The number of pyridine rings is 1. The molecule has 0 radical (unpaired) electrons. The third-order valence-corrected chi connectivity index (χ3v) is 3.22. The SMILES string of the molecule is N#Cc1ccc(NC(=O)c2ccc(Cl)nc2)c(Br)c1. The molecule has 1 N–H and O–H groups in total. The van der Waals surface area contributed by atoms with E-state index in [-0.39, 0.29) is 5.91 Å². The van der Waals surface area contributed by atoms with Crippen molar-refractivity contribution in [3.63, 3.8) is 0 Å². The second-order valence-corrected chi connectivity index (χ2v) is 4.87. The Morgan fingerprint density at radius 1 is 1.37 bits per heavy atom. The van der Waals surface area contributed by atoms with E-state index in [9.17, 15) is 4.79 Å². The molecule has 0 aliphatic carbocycles. The fourth-order valence-corrected chi connectivity index (χ4v) is 1.98. The summed E-state index contributed by atoms with van der Waals surface area (Å²) in [5.74, 6) is -0.297. The summed E-state index contributed by atoms with van der Waals surface area (Å²) in [5, 5.41) is 11.8. The first-order valence-corrected chi connectivity index (χ1v) is 6.40. The molecule has 1 heterocycles. The highest BCUT2D eigenvalue weighted by molar-refractivity contribution is 9.10. The minimum absolute atomic E-state index is 0.297. The lowest BCUT2D eigenvalue weighted by molar-refractivity contribution is 0.102. The van der Waals surface area contributed by atoms with Crippen LogP contribution in [-0.2, 0) is 0 Å². The zero-order chi connectivity index (χ0) is 13.8. The van der Waals surface area contributed by atoms with Gasteiger partial charge in [-0.15, -0.1) is 0 Å². The van der Waals surface area contributed by atoms with Crippen LogP contribution < -0.4 is 5.32 Å². The maximum absolute atomic E-state index is 12.0. The normalized spacial score (nSPS) is 9.74. The van der Waals surface area contributed by atoms with Crippen molar-refractivity contribution >= 4 is 39.1 Å². The van der Waals surface area contributed by atoms with Crippen LogP contribution in [0.1, 0.15) is 15.9 Å². The van der Waals surface area contributed by atoms with Crippen LogP contribution in [0, 0.1) is 11.3 Å². The Hall–Kier alpha value is -1.90. The summed E-state index contributed by atoms with van der Waals surface area (Å²) in [7, 11) is 0. The van der Waals surface area contributed by atoms with Gasteiger partial charge in [0.25, 0.3) is 5.91 Å². The number of rotatable bonds is 2. The molecule has 1 amide bonds. The number of nitrogens with zero attached hydrogens (tertiary/aromatic N) is 2. The molecule has 0 bridgehead atoms. The highest BCUT2D eigenvalue weighted by Gasteiger charge is 2.09. The Bertz CT molecular complexity index is 665. The lowest BCUT2D eigenvalue weighted by Crippen LogP contribution is -2.12. The van der Waals surface area contributed by atoms with Gasteiger partial charge in [0.1, 0.15) is 5.15 Å². The van der Waals surface area contributed by atoms with E-state index in [4.69, 9.17) is 16.9 Å². The topological polar surface area (TPSA) is 65.8 Å². The van der Waals surface area contributed by atoms with Crippen LogP contribution in [-0.4, -0.2) is 10.9 Å². The van der Waals surface area contributed by atoms with E-state index in [1.54, 1.807) is 30.3 Å². The average molecular weight is 337 g/mol. The molecule has 94 valence electrons. The van der Waals surface area contributed by atoms with E-state index >= 15 is 0 Å². The van der Waals surface area contributed by atoms with Gasteiger partial charge >= 0.3 is 0 Å². The molecule has 6 heteroatoms. The summed E-state index contributed by atoms with van der Waals surface area (Å²) < 4.78 is 0.641. The zero-order valence-electron chi connectivity index (χ0n) is 9.52. The number of carbonyl (C=O) groups excluding carboxylic acids is 1. The summed E-state index contributed by atoms with van der Waals surface area (Å²) in [6.07, 6.45) is 1.40. The Kier molecular flexibility index (Phi) is 4.15. The van der Waals surface area contributed by atoms with Crippen molar-refractivity contribution in [2.75, 3.05) is 5.32 Å². The standard InChI is InChI=1S/C13H7BrClN3O/c14-10-5-8(6-16)1-3-11(10)18-13(19)9-2-4-12(15)17-7-9/h1-5,7H,(H,18,19). The van der Waals surface area contributed by atoms with Gasteiger partial charge in [0.2, 0.25) is 0 Å². The van der Waals surface area contributed by atoms with Crippen molar-refractivity contribution in [1.29, 1.82) is 5.26 Å². The van der Waals surface area contributed by atoms with E-state index in [2.05, 4.69) is 26.2 Å². The maximum Gasteiger partial charge on any atom is 0.257 e. The van der Waals surface area contributed by atoms with Crippen molar-refractivity contribution in [1.82, 2.24) is 4.98 Å². The van der Waals surface area contributed by atoms with Gasteiger partial charge in [-0.25, -0.2) is 4.98 Å². The number of aromatic nitrogens is 1. The molecule has 1 aromatic carbocycles. The molecule has 19 heavy (non-hydrogen) atoms. The van der Waals surface area contributed by atoms with Gasteiger partial charge in [0.05, 0.1) is 22.9 Å². The summed E-state index contributed by atoms with van der Waals surface area (Å²) in [6.45, 7) is 0. The molecule has 0 unspecified atom stereocenters. The first-order valence-electron chi connectivity index (χ1n) is 5.22. The van der Waals surface area contributed by atoms with Crippen molar-refractivity contribution in [3.8, 4) is 6.07 Å². The molecular weight excluding hydrogens is 330 g/mol. The van der Waals surface area contributed by atoms with Crippen molar-refractivity contribution in [2.24, 2.45) is 0 Å². The number of hydrogen-bond acceptors (Lipinski definition) is 3. The smallest absolute Gasteiger partial charge is 0.257 e. The molecule has 0 atom stereocenters. The monoisotopic (exact) mass is 335 g/mol. The Morgan fingerprint density at radius 3 is 2.74 bits per heavy atom. The molecule has 0 spiro atoms. The zero-order valence-corrected chi connectivity index (χ0v) is 11.9. The maximum atomic E-state index is 12.0. The van der Waals surface area contributed by atoms with Crippen molar-refractivity contribution in [3.05, 3.63) is 57.3 Å². The average Bonchev–Trinajstić information content (AvgIpc) is 2.41. The number of nitriles is 1. The molecule has 0 aliphatic heterocycles. The third kappa shape index (κ3) is 3.31. The summed E-state index contributed by atoms with van der Waals surface area (Å²) in [6, 6.07) is 10.1. The van der Waals surface area contributed by atoms with Crippen LogP contribution in [0.3, 0.4) is 0 Å². The molecule has 4 nitrogen and oxygen atoms in total. The van der Waals surface area contributed by atoms with Gasteiger partial charge in [-0.2, -0.15) is 5.26 Å². The van der Waals surface area contributed by atoms with Crippen LogP contribution in [0.2, 0.25) is 5.15 Å². The van der Waals surface area contributed by atoms with Crippen LogP contribution in [0.5, 0.6) is 0 Å². The van der Waals surface area contributed by atoms with Gasteiger partial charge in [-0.1, -0.05) is 11.6 Å². The predicted molar refractivity (Wildman–Crippen MR) is 76.1 cm³/mol. The van der Waals surface area contributed by atoms with Crippen LogP contribution in [0.25, 0.3) is 0 Å². The van der Waals surface area contributed by atoms with Gasteiger partial charge in [-0.3, -0.25) is 4.79 Å². The van der Waals surface area contributed by atoms with Gasteiger partial charge in [0.15, 0.2) is 0 Å². The van der Waals surface area contributed by atoms with Crippen LogP contribution in [0.4, 0.5) is 5.69 Å². The predicted octanol–water partition coefficient (Wildman–Crippen LogP) is 3.62. The van der Waals surface area contributed by atoms with E-state index in [1.807, 2.05) is 6.07 Å². The number of carbonyl (C=O) groups is 1. The number of anilines is 1. The first kappa shape index (κ1) is 13.5. The second-order valence-electron chi connectivity index (χ2n) is 3.63. The summed E-state index contributed by atoms with van der Waals surface area (Å²) in [4.78, 5) is 15.8. The van der Waals surface area contributed by atoms with E-state index < -0.39 is 0 Å². The van der Waals surface area contributed by atoms with Crippen molar-refractivity contribution in [2.45, 2.75) is 0 Å². The van der Waals surface area contributed by atoms with E-state index in [0.29, 0.717) is 26.4 Å². The highest BCUT2D eigenvalue weighted by Crippen LogP contribution is 2.24. The fourth-order valence-electron chi connectivity index (χ4n) is 1.39. The van der Waals surface area contributed by atoms with E-state index in [1.165, 1.54) is 6.20 Å². The molecule has 0 saturated heterocycles.